The van der Waals surface area contributed by atoms with Gasteiger partial charge in [-0.05, 0) is 60.1 Å². The third-order valence-electron chi connectivity index (χ3n) is 3.12. The summed E-state index contributed by atoms with van der Waals surface area (Å²) in [6.07, 6.45) is 3.13. The van der Waals surface area contributed by atoms with Gasteiger partial charge in [0.2, 0.25) is 0 Å². The number of halogens is 2. The van der Waals surface area contributed by atoms with Gasteiger partial charge in [-0.3, -0.25) is 4.79 Å². The van der Waals surface area contributed by atoms with Crippen LogP contribution in [0.2, 0.25) is 5.02 Å². The SMILES string of the molecule is NC1(CNC(=O)c2cc(Cl)ccc2I)CCC1. The van der Waals surface area contributed by atoms with Gasteiger partial charge in [0.05, 0.1) is 5.56 Å². The molecule has 0 atom stereocenters. The van der Waals surface area contributed by atoms with Crippen molar-refractivity contribution in [1.82, 2.24) is 5.32 Å². The number of carbonyl (C=O) groups is 1. The van der Waals surface area contributed by atoms with E-state index in [0.717, 1.165) is 22.8 Å². The summed E-state index contributed by atoms with van der Waals surface area (Å²) in [5.41, 5.74) is 6.47. The van der Waals surface area contributed by atoms with E-state index >= 15 is 0 Å². The highest BCUT2D eigenvalue weighted by molar-refractivity contribution is 14.1. The fourth-order valence-corrected chi connectivity index (χ4v) is 2.58. The zero-order chi connectivity index (χ0) is 12.5. The molecule has 1 aromatic rings. The van der Waals surface area contributed by atoms with Crippen molar-refractivity contribution in [3.8, 4) is 0 Å². The molecule has 1 fully saturated rings. The molecule has 0 bridgehead atoms. The first-order valence-electron chi connectivity index (χ1n) is 5.52. The Kier molecular flexibility index (Phi) is 3.95. The first-order chi connectivity index (χ1) is 8.00. The fraction of sp³-hybridized carbons (Fsp3) is 0.417. The van der Waals surface area contributed by atoms with Crippen molar-refractivity contribution in [2.45, 2.75) is 24.8 Å². The van der Waals surface area contributed by atoms with Crippen LogP contribution in [0.3, 0.4) is 0 Å². The molecule has 0 spiro atoms. The number of carbonyl (C=O) groups excluding carboxylic acids is 1. The molecule has 1 amide bonds. The van der Waals surface area contributed by atoms with Gasteiger partial charge in [-0.25, -0.2) is 0 Å². The maximum atomic E-state index is 12.0. The van der Waals surface area contributed by atoms with Crippen LogP contribution in [0.25, 0.3) is 0 Å². The molecule has 17 heavy (non-hydrogen) atoms. The number of amides is 1. The lowest BCUT2D eigenvalue weighted by atomic mass is 9.78. The van der Waals surface area contributed by atoms with E-state index in [-0.39, 0.29) is 11.4 Å². The smallest absolute Gasteiger partial charge is 0.252 e. The quantitative estimate of drug-likeness (QED) is 0.810. The monoisotopic (exact) mass is 364 g/mol. The van der Waals surface area contributed by atoms with Crippen molar-refractivity contribution >= 4 is 40.1 Å². The van der Waals surface area contributed by atoms with E-state index in [2.05, 4.69) is 27.9 Å². The average molecular weight is 365 g/mol. The van der Waals surface area contributed by atoms with Crippen LogP contribution < -0.4 is 11.1 Å². The van der Waals surface area contributed by atoms with Crippen LogP contribution >= 0.6 is 34.2 Å². The zero-order valence-electron chi connectivity index (χ0n) is 9.30. The molecule has 0 aromatic heterocycles. The number of benzene rings is 1. The molecule has 3 nitrogen and oxygen atoms in total. The summed E-state index contributed by atoms with van der Waals surface area (Å²) in [7, 11) is 0. The number of nitrogens with one attached hydrogen (secondary N) is 1. The molecule has 0 heterocycles. The lowest BCUT2D eigenvalue weighted by Crippen LogP contribution is -2.55. The minimum atomic E-state index is -0.195. The van der Waals surface area contributed by atoms with Gasteiger partial charge in [-0.1, -0.05) is 11.6 Å². The largest absolute Gasteiger partial charge is 0.350 e. The van der Waals surface area contributed by atoms with Crippen molar-refractivity contribution in [3.63, 3.8) is 0 Å². The molecule has 3 N–H and O–H groups in total. The second-order valence-electron chi connectivity index (χ2n) is 4.52. The molecule has 1 aromatic carbocycles. The highest BCUT2D eigenvalue weighted by atomic mass is 127. The van der Waals surface area contributed by atoms with Crippen LogP contribution in [0.5, 0.6) is 0 Å². The number of nitrogens with two attached hydrogens (primary N) is 1. The van der Waals surface area contributed by atoms with E-state index in [1.807, 2.05) is 6.07 Å². The summed E-state index contributed by atoms with van der Waals surface area (Å²) in [5.74, 6) is -0.103. The molecule has 0 unspecified atom stereocenters. The van der Waals surface area contributed by atoms with Gasteiger partial charge in [0.15, 0.2) is 0 Å². The minimum absolute atomic E-state index is 0.103. The predicted octanol–water partition coefficient (Wildman–Crippen LogP) is 2.56. The van der Waals surface area contributed by atoms with Gasteiger partial charge in [0.25, 0.3) is 5.91 Å². The number of rotatable bonds is 3. The third-order valence-corrected chi connectivity index (χ3v) is 4.30. The van der Waals surface area contributed by atoms with Crippen molar-refractivity contribution < 1.29 is 4.79 Å². The zero-order valence-corrected chi connectivity index (χ0v) is 12.2. The molecular formula is C12H14ClIN2O. The van der Waals surface area contributed by atoms with Crippen molar-refractivity contribution in [3.05, 3.63) is 32.4 Å². The van der Waals surface area contributed by atoms with E-state index in [1.54, 1.807) is 12.1 Å². The fourth-order valence-electron chi connectivity index (χ4n) is 1.83. The number of hydrogen-bond acceptors (Lipinski definition) is 2. The first kappa shape index (κ1) is 13.1. The van der Waals surface area contributed by atoms with Gasteiger partial charge >= 0.3 is 0 Å². The molecule has 0 saturated heterocycles. The Labute approximate surface area is 119 Å². The molecule has 1 aliphatic carbocycles. The topological polar surface area (TPSA) is 55.1 Å². The van der Waals surface area contributed by atoms with E-state index in [4.69, 9.17) is 17.3 Å². The summed E-state index contributed by atoms with van der Waals surface area (Å²) < 4.78 is 0.893. The van der Waals surface area contributed by atoms with Gasteiger partial charge in [0, 0.05) is 20.7 Å². The van der Waals surface area contributed by atoms with Crippen molar-refractivity contribution in [2.24, 2.45) is 5.73 Å². The molecule has 0 radical (unpaired) electrons. The van der Waals surface area contributed by atoms with Crippen LogP contribution in [0.1, 0.15) is 29.6 Å². The Balaban J connectivity index is 2.01. The van der Waals surface area contributed by atoms with Crippen LogP contribution in [0.15, 0.2) is 18.2 Å². The lowest BCUT2D eigenvalue weighted by Gasteiger charge is -2.38. The first-order valence-corrected chi connectivity index (χ1v) is 6.98. The maximum absolute atomic E-state index is 12.0. The maximum Gasteiger partial charge on any atom is 0.252 e. The van der Waals surface area contributed by atoms with Crippen LogP contribution in [-0.4, -0.2) is 18.0 Å². The Hall–Kier alpha value is -0.330. The standard InChI is InChI=1S/C12H14ClIN2O/c13-8-2-3-10(14)9(6-8)11(17)16-7-12(15)4-1-5-12/h2-3,6H,1,4-5,7,15H2,(H,16,17). The van der Waals surface area contributed by atoms with E-state index in [1.165, 1.54) is 0 Å². The Morgan fingerprint density at radius 2 is 2.24 bits per heavy atom. The van der Waals surface area contributed by atoms with E-state index in [9.17, 15) is 4.79 Å². The third kappa shape index (κ3) is 3.11. The van der Waals surface area contributed by atoms with Gasteiger partial charge in [-0.15, -0.1) is 0 Å². The lowest BCUT2D eigenvalue weighted by molar-refractivity contribution is 0.0929. The molecule has 1 saturated carbocycles. The Morgan fingerprint density at radius 1 is 1.53 bits per heavy atom. The summed E-state index contributed by atoms with van der Waals surface area (Å²) in [6.45, 7) is 0.536. The van der Waals surface area contributed by atoms with Crippen molar-refractivity contribution in [2.75, 3.05) is 6.54 Å². The van der Waals surface area contributed by atoms with Gasteiger partial charge < -0.3 is 11.1 Å². The second-order valence-corrected chi connectivity index (χ2v) is 6.12. The molecule has 2 rings (SSSR count). The minimum Gasteiger partial charge on any atom is -0.350 e. The normalized spacial score (nSPS) is 17.4. The molecular weight excluding hydrogens is 351 g/mol. The Bertz CT molecular complexity index is 446. The number of hydrogen-bond donors (Lipinski definition) is 2. The van der Waals surface area contributed by atoms with Crippen LogP contribution in [-0.2, 0) is 0 Å². The summed E-state index contributed by atoms with van der Waals surface area (Å²) in [6, 6.07) is 5.29. The average Bonchev–Trinajstić information content (AvgIpc) is 2.26. The van der Waals surface area contributed by atoms with Gasteiger partial charge in [0.1, 0.15) is 0 Å². The highest BCUT2D eigenvalue weighted by Gasteiger charge is 2.32. The van der Waals surface area contributed by atoms with E-state index < -0.39 is 0 Å². The highest BCUT2D eigenvalue weighted by Crippen LogP contribution is 2.28. The van der Waals surface area contributed by atoms with Crippen molar-refractivity contribution in [1.29, 1.82) is 0 Å². The van der Waals surface area contributed by atoms with E-state index in [0.29, 0.717) is 17.1 Å². The Morgan fingerprint density at radius 3 is 2.82 bits per heavy atom. The predicted molar refractivity (Wildman–Crippen MR) is 77.3 cm³/mol. The molecule has 92 valence electrons. The summed E-state index contributed by atoms with van der Waals surface area (Å²) in [4.78, 5) is 12.0. The summed E-state index contributed by atoms with van der Waals surface area (Å²) in [5, 5.41) is 3.45. The molecule has 1 aliphatic rings. The summed E-state index contributed by atoms with van der Waals surface area (Å²) >= 11 is 8.01. The van der Waals surface area contributed by atoms with Gasteiger partial charge in [-0.2, -0.15) is 0 Å². The van der Waals surface area contributed by atoms with Crippen LogP contribution in [0, 0.1) is 3.57 Å². The molecule has 0 aliphatic heterocycles. The second kappa shape index (κ2) is 5.12. The molecule has 5 heteroatoms. The van der Waals surface area contributed by atoms with Crippen LogP contribution in [0.4, 0.5) is 0 Å².